The molecule has 2 heteroatoms. The first kappa shape index (κ1) is 16.9. The largest absolute Gasteiger partial charge is 0.377 e. The zero-order valence-corrected chi connectivity index (χ0v) is 12.9. The Bertz CT molecular complexity index is 170. The Morgan fingerprint density at radius 2 is 1.47 bits per heavy atom. The van der Waals surface area contributed by atoms with E-state index in [1.54, 1.807) is 0 Å². The van der Waals surface area contributed by atoms with E-state index in [0.717, 1.165) is 13.2 Å². The number of nitrogens with one attached hydrogen (secondary N) is 1. The van der Waals surface area contributed by atoms with Crippen LogP contribution in [0.3, 0.4) is 0 Å². The molecule has 2 nitrogen and oxygen atoms in total. The number of rotatable bonds is 9. The monoisotopic (exact) mass is 243 g/mol. The van der Waals surface area contributed by atoms with E-state index in [0.29, 0.717) is 29.9 Å². The summed E-state index contributed by atoms with van der Waals surface area (Å²) < 4.78 is 5.82. The Kier molecular flexibility index (Phi) is 8.89. The van der Waals surface area contributed by atoms with Gasteiger partial charge in [-0.25, -0.2) is 0 Å². The summed E-state index contributed by atoms with van der Waals surface area (Å²) in [5, 5.41) is 3.66. The second kappa shape index (κ2) is 8.93. The van der Waals surface area contributed by atoms with Crippen molar-refractivity contribution in [3.05, 3.63) is 0 Å². The van der Waals surface area contributed by atoms with E-state index in [2.05, 4.69) is 53.8 Å². The van der Waals surface area contributed by atoms with Gasteiger partial charge in [0.1, 0.15) is 0 Å². The van der Waals surface area contributed by atoms with Crippen LogP contribution in [0.25, 0.3) is 0 Å². The quantitative estimate of drug-likeness (QED) is 0.666. The van der Waals surface area contributed by atoms with E-state index < -0.39 is 0 Å². The fourth-order valence-corrected chi connectivity index (χ4v) is 2.63. The lowest BCUT2D eigenvalue weighted by Crippen LogP contribution is -2.45. The molecule has 0 radical (unpaired) electrons. The van der Waals surface area contributed by atoms with Crippen LogP contribution in [-0.2, 0) is 4.74 Å². The van der Waals surface area contributed by atoms with E-state index in [1.807, 2.05) is 0 Å². The van der Waals surface area contributed by atoms with E-state index in [9.17, 15) is 0 Å². The van der Waals surface area contributed by atoms with Crippen molar-refractivity contribution in [3.8, 4) is 0 Å². The van der Waals surface area contributed by atoms with Crippen LogP contribution in [0, 0.1) is 17.8 Å². The highest BCUT2D eigenvalue weighted by molar-refractivity contribution is 4.81. The first-order valence-electron chi connectivity index (χ1n) is 7.25. The Morgan fingerprint density at radius 3 is 1.82 bits per heavy atom. The molecule has 17 heavy (non-hydrogen) atoms. The molecular weight excluding hydrogens is 210 g/mol. The van der Waals surface area contributed by atoms with Gasteiger partial charge in [0.15, 0.2) is 0 Å². The Balaban J connectivity index is 4.49. The molecule has 1 N–H and O–H groups in total. The van der Waals surface area contributed by atoms with Gasteiger partial charge in [0.05, 0.1) is 12.7 Å². The predicted molar refractivity (Wildman–Crippen MR) is 76.3 cm³/mol. The van der Waals surface area contributed by atoms with E-state index in [-0.39, 0.29) is 0 Å². The lowest BCUT2D eigenvalue weighted by Gasteiger charge is -2.34. The molecule has 0 fully saturated rings. The lowest BCUT2D eigenvalue weighted by molar-refractivity contribution is 0.0332. The zero-order valence-electron chi connectivity index (χ0n) is 12.9. The maximum absolute atomic E-state index is 5.82. The zero-order chi connectivity index (χ0) is 13.4. The molecule has 0 rings (SSSR count). The minimum atomic E-state index is 0.320. The van der Waals surface area contributed by atoms with Crippen LogP contribution in [0.4, 0.5) is 0 Å². The van der Waals surface area contributed by atoms with E-state index in [1.165, 1.54) is 6.42 Å². The van der Waals surface area contributed by atoms with Gasteiger partial charge in [-0.1, -0.05) is 34.6 Å². The lowest BCUT2D eigenvalue weighted by atomic mass is 9.80. The Labute approximate surface area is 109 Å². The van der Waals surface area contributed by atoms with Crippen molar-refractivity contribution in [2.45, 2.75) is 67.0 Å². The standard InChI is InChI=1S/C15H33NO/c1-8-9-16-14(10-17-13(6)7)15(11(2)3)12(4)5/h11-16H,8-10H2,1-7H3. The van der Waals surface area contributed by atoms with Crippen molar-refractivity contribution < 1.29 is 4.74 Å². The van der Waals surface area contributed by atoms with Crippen LogP contribution in [0.2, 0.25) is 0 Å². The van der Waals surface area contributed by atoms with Gasteiger partial charge in [0.25, 0.3) is 0 Å². The molecule has 0 aromatic heterocycles. The Morgan fingerprint density at radius 1 is 0.941 bits per heavy atom. The Hall–Kier alpha value is -0.0800. The van der Waals surface area contributed by atoms with E-state index >= 15 is 0 Å². The van der Waals surface area contributed by atoms with E-state index in [4.69, 9.17) is 4.74 Å². The van der Waals surface area contributed by atoms with Gasteiger partial charge in [-0.2, -0.15) is 0 Å². The summed E-state index contributed by atoms with van der Waals surface area (Å²) in [5.41, 5.74) is 0. The second-order valence-electron chi connectivity index (χ2n) is 6.01. The third-order valence-electron chi connectivity index (χ3n) is 3.27. The van der Waals surface area contributed by atoms with Gasteiger partial charge >= 0.3 is 0 Å². The molecule has 0 bridgehead atoms. The minimum Gasteiger partial charge on any atom is -0.377 e. The highest BCUT2D eigenvalue weighted by Crippen LogP contribution is 2.24. The minimum absolute atomic E-state index is 0.320. The maximum Gasteiger partial charge on any atom is 0.0625 e. The first-order valence-corrected chi connectivity index (χ1v) is 7.25. The van der Waals surface area contributed by atoms with Gasteiger partial charge in [0, 0.05) is 6.04 Å². The van der Waals surface area contributed by atoms with Gasteiger partial charge in [-0.3, -0.25) is 0 Å². The average molecular weight is 243 g/mol. The highest BCUT2D eigenvalue weighted by atomic mass is 16.5. The fraction of sp³-hybridized carbons (Fsp3) is 1.00. The maximum atomic E-state index is 5.82. The third-order valence-corrected chi connectivity index (χ3v) is 3.27. The number of ether oxygens (including phenoxy) is 1. The van der Waals surface area contributed by atoms with Crippen molar-refractivity contribution in [3.63, 3.8) is 0 Å². The summed E-state index contributed by atoms with van der Waals surface area (Å²) in [6, 6.07) is 0.484. The fourth-order valence-electron chi connectivity index (χ4n) is 2.63. The molecule has 0 aliphatic rings. The average Bonchev–Trinajstić information content (AvgIpc) is 2.20. The van der Waals surface area contributed by atoms with Gasteiger partial charge in [0.2, 0.25) is 0 Å². The molecular formula is C15H33NO. The molecule has 0 heterocycles. The van der Waals surface area contributed by atoms with Crippen LogP contribution in [0.5, 0.6) is 0 Å². The van der Waals surface area contributed by atoms with Crippen molar-refractivity contribution in [1.82, 2.24) is 5.32 Å². The van der Waals surface area contributed by atoms with Crippen molar-refractivity contribution in [2.24, 2.45) is 17.8 Å². The predicted octanol–water partition coefficient (Wildman–Crippen LogP) is 3.71. The van der Waals surface area contributed by atoms with Crippen molar-refractivity contribution in [2.75, 3.05) is 13.2 Å². The van der Waals surface area contributed by atoms with Gasteiger partial charge in [-0.15, -0.1) is 0 Å². The summed E-state index contributed by atoms with van der Waals surface area (Å²) in [4.78, 5) is 0. The van der Waals surface area contributed by atoms with Gasteiger partial charge < -0.3 is 10.1 Å². The van der Waals surface area contributed by atoms with Crippen LogP contribution < -0.4 is 5.32 Å². The van der Waals surface area contributed by atoms with Crippen molar-refractivity contribution >= 4 is 0 Å². The number of hydrogen-bond acceptors (Lipinski definition) is 2. The molecule has 1 atom stereocenters. The van der Waals surface area contributed by atoms with Gasteiger partial charge in [-0.05, 0) is 44.6 Å². The molecule has 0 amide bonds. The molecule has 0 aliphatic heterocycles. The SMILES string of the molecule is CCCNC(COC(C)C)C(C(C)C)C(C)C. The summed E-state index contributed by atoms with van der Waals surface area (Å²) in [6.45, 7) is 17.6. The van der Waals surface area contributed by atoms with Crippen LogP contribution >= 0.6 is 0 Å². The molecule has 0 saturated carbocycles. The second-order valence-corrected chi connectivity index (χ2v) is 6.01. The first-order chi connectivity index (χ1) is 7.90. The van der Waals surface area contributed by atoms with Crippen molar-refractivity contribution in [1.29, 1.82) is 0 Å². The molecule has 0 aromatic carbocycles. The molecule has 0 aliphatic carbocycles. The molecule has 0 aromatic rings. The summed E-state index contributed by atoms with van der Waals surface area (Å²) >= 11 is 0. The van der Waals surface area contributed by atoms with Crippen LogP contribution in [0.1, 0.15) is 54.9 Å². The smallest absolute Gasteiger partial charge is 0.0625 e. The molecule has 0 saturated heterocycles. The molecule has 1 unspecified atom stereocenters. The molecule has 0 spiro atoms. The number of hydrogen-bond donors (Lipinski definition) is 1. The normalized spacial score (nSPS) is 14.3. The topological polar surface area (TPSA) is 21.3 Å². The van der Waals surface area contributed by atoms with Crippen LogP contribution in [0.15, 0.2) is 0 Å². The summed E-state index contributed by atoms with van der Waals surface area (Å²) in [5.74, 6) is 2.07. The summed E-state index contributed by atoms with van der Waals surface area (Å²) in [6.07, 6.45) is 1.50. The third kappa shape index (κ3) is 7.05. The highest BCUT2D eigenvalue weighted by Gasteiger charge is 2.27. The van der Waals surface area contributed by atoms with Crippen LogP contribution in [-0.4, -0.2) is 25.3 Å². The summed E-state index contributed by atoms with van der Waals surface area (Å²) in [7, 11) is 0. The molecule has 104 valence electrons.